The molecule has 0 aliphatic heterocycles. The Bertz CT molecular complexity index is 1010. The fourth-order valence-corrected chi connectivity index (χ4v) is 4.36. The van der Waals surface area contributed by atoms with E-state index in [0.717, 1.165) is 31.2 Å². The molecule has 0 saturated heterocycles. The Morgan fingerprint density at radius 1 is 1.21 bits per heavy atom. The van der Waals surface area contributed by atoms with Crippen molar-refractivity contribution in [2.45, 2.75) is 38.0 Å². The fourth-order valence-electron chi connectivity index (χ4n) is 4.18. The minimum atomic E-state index is -0.484. The Morgan fingerprint density at radius 3 is 2.75 bits per heavy atom. The van der Waals surface area contributed by atoms with Crippen LogP contribution in [-0.4, -0.2) is 15.7 Å². The lowest BCUT2D eigenvalue weighted by atomic mass is 9.77. The molecule has 1 amide bonds. The second-order valence-electron chi connectivity index (χ2n) is 7.69. The van der Waals surface area contributed by atoms with Crippen molar-refractivity contribution in [2.24, 2.45) is 13.0 Å². The number of carbonyl (C=O) groups excluding carboxylic acids is 1. The average molecular weight is 400 g/mol. The molecule has 146 valence electrons. The molecule has 0 radical (unpaired) electrons. The number of nitrogens with one attached hydrogen (secondary N) is 1. The van der Waals surface area contributed by atoms with Crippen molar-refractivity contribution >= 4 is 34.1 Å². The van der Waals surface area contributed by atoms with E-state index in [1.54, 1.807) is 0 Å². The molecule has 0 atom stereocenters. The molecule has 4 rings (SSSR count). The number of carbonyl (C=O) groups is 1. The van der Waals surface area contributed by atoms with E-state index in [4.69, 9.17) is 11.6 Å². The molecule has 3 aromatic rings. The zero-order valence-corrected chi connectivity index (χ0v) is 16.5. The van der Waals surface area contributed by atoms with Gasteiger partial charge in [0.15, 0.2) is 0 Å². The van der Waals surface area contributed by atoms with Gasteiger partial charge in [-0.15, -0.1) is 0 Å². The summed E-state index contributed by atoms with van der Waals surface area (Å²) in [5.41, 5.74) is 3.05. The lowest BCUT2D eigenvalue weighted by molar-refractivity contribution is -0.117. The van der Waals surface area contributed by atoms with Gasteiger partial charge in [0.2, 0.25) is 5.91 Å². The van der Waals surface area contributed by atoms with E-state index in [1.165, 1.54) is 29.1 Å². The lowest BCUT2D eigenvalue weighted by Gasteiger charge is -2.28. The number of aromatic nitrogens is 2. The molecule has 2 aromatic carbocycles. The number of amides is 1. The van der Waals surface area contributed by atoms with Crippen molar-refractivity contribution in [1.82, 2.24) is 9.78 Å². The van der Waals surface area contributed by atoms with Gasteiger partial charge in [0.05, 0.1) is 16.7 Å². The molecule has 0 spiro atoms. The maximum atomic E-state index is 13.2. The van der Waals surface area contributed by atoms with E-state index in [0.29, 0.717) is 23.9 Å². The van der Waals surface area contributed by atoms with Gasteiger partial charge < -0.3 is 5.32 Å². The second kappa shape index (κ2) is 7.92. The predicted molar refractivity (Wildman–Crippen MR) is 110 cm³/mol. The summed E-state index contributed by atoms with van der Waals surface area (Å²) in [4.78, 5) is 12.3. The first-order chi connectivity index (χ1) is 13.5. The highest BCUT2D eigenvalue weighted by Gasteiger charge is 2.24. The van der Waals surface area contributed by atoms with Gasteiger partial charge in [-0.05, 0) is 73.4 Å². The molecule has 28 heavy (non-hydrogen) atoms. The van der Waals surface area contributed by atoms with Crippen LogP contribution in [0.15, 0.2) is 42.6 Å². The van der Waals surface area contributed by atoms with Crippen LogP contribution in [0.3, 0.4) is 0 Å². The van der Waals surface area contributed by atoms with Gasteiger partial charge in [0.25, 0.3) is 0 Å². The zero-order valence-electron chi connectivity index (χ0n) is 15.8. The summed E-state index contributed by atoms with van der Waals surface area (Å²) in [7, 11) is 1.96. The number of benzene rings is 2. The molecule has 1 aliphatic carbocycles. The van der Waals surface area contributed by atoms with Crippen LogP contribution >= 0.6 is 11.6 Å². The van der Waals surface area contributed by atoms with Crippen molar-refractivity contribution < 1.29 is 9.18 Å². The molecule has 4 nitrogen and oxygen atoms in total. The summed E-state index contributed by atoms with van der Waals surface area (Å²) in [6.07, 6.45) is 6.65. The summed E-state index contributed by atoms with van der Waals surface area (Å²) in [5.74, 6) is 0.402. The summed E-state index contributed by atoms with van der Waals surface area (Å²) in [5, 5.41) is 8.34. The average Bonchev–Trinajstić information content (AvgIpc) is 3.06. The Balaban J connectivity index is 1.31. The van der Waals surface area contributed by atoms with Crippen LogP contribution in [0.2, 0.25) is 5.02 Å². The Kier molecular flexibility index (Phi) is 5.36. The normalized spacial score (nSPS) is 19.7. The third-order valence-electron chi connectivity index (χ3n) is 5.77. The van der Waals surface area contributed by atoms with Crippen LogP contribution in [0.1, 0.15) is 43.6 Å². The monoisotopic (exact) mass is 399 g/mol. The van der Waals surface area contributed by atoms with Crippen molar-refractivity contribution in [3.8, 4) is 0 Å². The summed E-state index contributed by atoms with van der Waals surface area (Å²) in [6, 6.07) is 10.8. The number of hydrogen-bond donors (Lipinski definition) is 1. The summed E-state index contributed by atoms with van der Waals surface area (Å²) < 4.78 is 15.1. The number of halogens is 2. The number of hydrogen-bond acceptors (Lipinski definition) is 2. The van der Waals surface area contributed by atoms with Gasteiger partial charge in [-0.25, -0.2) is 4.39 Å². The largest absolute Gasteiger partial charge is 0.326 e. The number of nitrogens with zero attached hydrogens (tertiary/aromatic N) is 2. The Hall–Kier alpha value is -2.40. The minimum absolute atomic E-state index is 0.0175. The highest BCUT2D eigenvalue weighted by Crippen LogP contribution is 2.38. The quantitative estimate of drug-likeness (QED) is 0.614. The first kappa shape index (κ1) is 18.9. The van der Waals surface area contributed by atoms with Crippen LogP contribution in [0.4, 0.5) is 10.1 Å². The SMILES string of the molecule is Cn1ncc2cc(C3CCC(CC(=O)Nc4ccc(F)c(Cl)c4)CC3)ccc21. The van der Waals surface area contributed by atoms with E-state index in [2.05, 4.69) is 28.6 Å². The van der Waals surface area contributed by atoms with E-state index >= 15 is 0 Å². The van der Waals surface area contributed by atoms with Crippen molar-refractivity contribution in [3.05, 3.63) is 59.0 Å². The number of fused-ring (bicyclic) bond motifs is 1. The van der Waals surface area contributed by atoms with Crippen LogP contribution in [0.25, 0.3) is 10.9 Å². The molecule has 1 heterocycles. The van der Waals surface area contributed by atoms with Crippen molar-refractivity contribution in [1.29, 1.82) is 0 Å². The third kappa shape index (κ3) is 4.04. The van der Waals surface area contributed by atoms with Gasteiger partial charge in [0.1, 0.15) is 5.82 Å². The lowest BCUT2D eigenvalue weighted by Crippen LogP contribution is -2.20. The minimum Gasteiger partial charge on any atom is -0.326 e. The first-order valence-corrected chi connectivity index (χ1v) is 10.0. The van der Waals surface area contributed by atoms with Crippen LogP contribution < -0.4 is 5.32 Å². The van der Waals surface area contributed by atoms with Crippen LogP contribution in [0.5, 0.6) is 0 Å². The molecule has 6 heteroatoms. The van der Waals surface area contributed by atoms with Gasteiger partial charge in [-0.3, -0.25) is 9.48 Å². The van der Waals surface area contributed by atoms with Gasteiger partial charge >= 0.3 is 0 Å². The molecule has 1 saturated carbocycles. The van der Waals surface area contributed by atoms with Crippen molar-refractivity contribution in [2.75, 3.05) is 5.32 Å². The van der Waals surface area contributed by atoms with Crippen LogP contribution in [0, 0.1) is 11.7 Å². The highest BCUT2D eigenvalue weighted by atomic mass is 35.5. The molecule has 1 N–H and O–H groups in total. The maximum Gasteiger partial charge on any atom is 0.224 e. The standard InChI is InChI=1S/C22H23ClFN3O/c1-27-21-9-6-16(11-17(21)13-25-27)15-4-2-14(3-5-15)10-22(28)26-18-7-8-20(24)19(23)12-18/h6-9,11-15H,2-5,10H2,1H3,(H,26,28). The first-order valence-electron chi connectivity index (χ1n) is 9.66. The van der Waals surface area contributed by atoms with Gasteiger partial charge in [-0.1, -0.05) is 17.7 Å². The summed E-state index contributed by atoms with van der Waals surface area (Å²) in [6.45, 7) is 0. The third-order valence-corrected chi connectivity index (χ3v) is 6.06. The smallest absolute Gasteiger partial charge is 0.224 e. The number of rotatable bonds is 4. The molecule has 1 aliphatic rings. The van der Waals surface area contributed by atoms with Gasteiger partial charge in [0, 0.05) is 24.5 Å². The molecule has 1 fully saturated rings. The zero-order chi connectivity index (χ0) is 19.7. The number of anilines is 1. The summed E-state index contributed by atoms with van der Waals surface area (Å²) >= 11 is 5.77. The van der Waals surface area contributed by atoms with Gasteiger partial charge in [-0.2, -0.15) is 5.10 Å². The van der Waals surface area contributed by atoms with Crippen LogP contribution in [-0.2, 0) is 11.8 Å². The van der Waals surface area contributed by atoms with E-state index in [9.17, 15) is 9.18 Å². The fraction of sp³-hybridized carbons (Fsp3) is 0.364. The molecular formula is C22H23ClFN3O. The Labute approximate surface area is 168 Å². The topological polar surface area (TPSA) is 46.9 Å². The molecule has 1 aromatic heterocycles. The van der Waals surface area contributed by atoms with E-state index in [1.807, 2.05) is 17.9 Å². The predicted octanol–water partition coefficient (Wildman–Crippen LogP) is 5.67. The van der Waals surface area contributed by atoms with Crippen molar-refractivity contribution in [3.63, 3.8) is 0 Å². The number of aryl methyl sites for hydroxylation is 1. The second-order valence-corrected chi connectivity index (χ2v) is 8.09. The van der Waals surface area contributed by atoms with E-state index in [-0.39, 0.29) is 10.9 Å². The molecular weight excluding hydrogens is 377 g/mol. The molecule has 0 bridgehead atoms. The Morgan fingerprint density at radius 2 is 2.00 bits per heavy atom. The maximum absolute atomic E-state index is 13.2. The molecule has 0 unspecified atom stereocenters. The highest BCUT2D eigenvalue weighted by molar-refractivity contribution is 6.31. The van der Waals surface area contributed by atoms with E-state index < -0.39 is 5.82 Å².